The molecule has 10 aromatic rings. The van der Waals surface area contributed by atoms with Gasteiger partial charge in [0, 0.05) is 44.2 Å². The minimum atomic E-state index is 0.901. The topological polar surface area (TPSA) is 29.5 Å². The molecular weight excluding hydrogens is 671 g/mol. The lowest BCUT2D eigenvalue weighted by atomic mass is 9.92. The number of furan rings is 2. The zero-order valence-corrected chi connectivity index (χ0v) is 30.2. The van der Waals surface area contributed by atoms with E-state index in [1.54, 1.807) is 0 Å². The van der Waals surface area contributed by atoms with E-state index < -0.39 is 0 Å². The first-order valence-corrected chi connectivity index (χ1v) is 19.1. The van der Waals surface area contributed by atoms with E-state index in [2.05, 4.69) is 169 Å². The van der Waals surface area contributed by atoms with Crippen LogP contribution in [0.2, 0.25) is 0 Å². The molecule has 8 aromatic carbocycles. The molecule has 0 saturated heterocycles. The molecule has 0 amide bonds. The number of hydrogen-bond donors (Lipinski definition) is 0. The first-order chi connectivity index (χ1) is 27.3. The molecule has 1 aliphatic rings. The van der Waals surface area contributed by atoms with Crippen molar-refractivity contribution in [1.29, 1.82) is 0 Å². The molecule has 260 valence electrons. The second-order valence-corrected chi connectivity index (χ2v) is 14.5. The van der Waals surface area contributed by atoms with Gasteiger partial charge in [0.25, 0.3) is 0 Å². The molecule has 2 aromatic heterocycles. The normalized spacial score (nSPS) is 13.1. The summed E-state index contributed by atoms with van der Waals surface area (Å²) >= 11 is 0. The summed E-state index contributed by atoms with van der Waals surface area (Å²) in [5.41, 5.74) is 14.0. The van der Waals surface area contributed by atoms with Crippen molar-refractivity contribution in [2.75, 3.05) is 4.90 Å². The van der Waals surface area contributed by atoms with Crippen LogP contribution in [0, 0.1) is 12.1 Å². The largest absolute Gasteiger partial charge is 0.456 e. The predicted molar refractivity (Wildman–Crippen MR) is 228 cm³/mol. The third-order valence-electron chi connectivity index (χ3n) is 11.3. The van der Waals surface area contributed by atoms with Gasteiger partial charge in [0.05, 0.1) is 5.39 Å². The number of nitrogens with zero attached hydrogens (tertiary/aromatic N) is 1. The van der Waals surface area contributed by atoms with Crippen molar-refractivity contribution in [2.45, 2.75) is 25.7 Å². The Morgan fingerprint density at radius 1 is 0.473 bits per heavy atom. The summed E-state index contributed by atoms with van der Waals surface area (Å²) in [5, 5.41) is 6.61. The SMILES string of the molecule is c1cc(C2=CCCCC2)c2oc3c4ccccc4c(-c4ccc(N(c5ccccc5)c5cccc(-c6ccc7oc8ccccc8c7c6)c5)cc4)cc3c2c#1. The first kappa shape index (κ1) is 31.5. The highest BCUT2D eigenvalue weighted by Crippen LogP contribution is 2.43. The molecule has 0 bridgehead atoms. The summed E-state index contributed by atoms with van der Waals surface area (Å²) in [4.78, 5) is 2.33. The van der Waals surface area contributed by atoms with E-state index in [1.807, 2.05) is 12.1 Å². The summed E-state index contributed by atoms with van der Waals surface area (Å²) in [7, 11) is 0. The van der Waals surface area contributed by atoms with Crippen molar-refractivity contribution in [2.24, 2.45) is 0 Å². The molecule has 0 unspecified atom stereocenters. The number of hydrogen-bond acceptors (Lipinski definition) is 3. The average molecular weight is 706 g/mol. The van der Waals surface area contributed by atoms with Crippen molar-refractivity contribution in [1.82, 2.24) is 0 Å². The molecule has 0 N–H and O–H groups in total. The third-order valence-corrected chi connectivity index (χ3v) is 11.3. The standard InChI is InChI=1S/C52H35NO2/c1-3-13-34(14-4-1)41-22-12-23-45-48-33-46(42-19-7-8-21-44(42)52(48)55-51(41)45)35-25-28-39(29-26-35)53(38-16-5-2-6-17-38)40-18-11-15-36(31-40)37-27-30-50-47(32-37)43-20-9-10-24-49(43)54-50/h2,5-11,13,15-22,24-33H,1,3-4,14H2. The molecule has 0 aliphatic heterocycles. The van der Waals surface area contributed by atoms with E-state index in [4.69, 9.17) is 8.83 Å². The second kappa shape index (κ2) is 12.8. The summed E-state index contributed by atoms with van der Waals surface area (Å²) in [6.07, 6.45) is 7.03. The van der Waals surface area contributed by atoms with Crippen LogP contribution in [0.5, 0.6) is 0 Å². The monoisotopic (exact) mass is 705 g/mol. The Bertz CT molecular complexity index is 3090. The van der Waals surface area contributed by atoms with Crippen molar-refractivity contribution >= 4 is 77.3 Å². The Hall–Kier alpha value is -7.02. The molecule has 0 fully saturated rings. The van der Waals surface area contributed by atoms with Crippen LogP contribution in [0.15, 0.2) is 173 Å². The number of anilines is 3. The van der Waals surface area contributed by atoms with Gasteiger partial charge in [-0.15, -0.1) is 0 Å². The fourth-order valence-corrected chi connectivity index (χ4v) is 8.58. The maximum Gasteiger partial charge on any atom is 0.151 e. The minimum Gasteiger partial charge on any atom is -0.456 e. The number of rotatable bonds is 6. The molecule has 1 aliphatic carbocycles. The fraction of sp³-hybridized carbons (Fsp3) is 0.0769. The van der Waals surface area contributed by atoms with E-state index in [0.29, 0.717) is 0 Å². The number of benzene rings is 7. The molecule has 0 radical (unpaired) electrons. The lowest BCUT2D eigenvalue weighted by Gasteiger charge is -2.26. The van der Waals surface area contributed by atoms with Gasteiger partial charge in [-0.2, -0.15) is 0 Å². The van der Waals surface area contributed by atoms with Crippen LogP contribution < -0.4 is 4.90 Å². The van der Waals surface area contributed by atoms with E-state index in [9.17, 15) is 0 Å². The molecule has 11 rings (SSSR count). The number of para-hydroxylation sites is 2. The van der Waals surface area contributed by atoms with E-state index in [0.717, 1.165) is 101 Å². The van der Waals surface area contributed by atoms with Gasteiger partial charge in [0.15, 0.2) is 5.58 Å². The van der Waals surface area contributed by atoms with Crippen molar-refractivity contribution in [3.05, 3.63) is 181 Å². The highest BCUT2D eigenvalue weighted by molar-refractivity contribution is 6.19. The zero-order valence-electron chi connectivity index (χ0n) is 30.2. The van der Waals surface area contributed by atoms with Gasteiger partial charge in [-0.05, 0) is 126 Å². The molecule has 3 heteroatoms. The van der Waals surface area contributed by atoms with Gasteiger partial charge in [0.1, 0.15) is 16.7 Å². The molecule has 0 spiro atoms. The molecular formula is C52H35NO2. The smallest absolute Gasteiger partial charge is 0.151 e. The zero-order chi connectivity index (χ0) is 36.3. The summed E-state index contributed by atoms with van der Waals surface area (Å²) in [6, 6.07) is 62.8. The predicted octanol–water partition coefficient (Wildman–Crippen LogP) is 15.0. The summed E-state index contributed by atoms with van der Waals surface area (Å²) < 4.78 is 12.9. The maximum atomic E-state index is 6.76. The lowest BCUT2D eigenvalue weighted by molar-refractivity contribution is 0.669. The Morgan fingerprint density at radius 3 is 2.05 bits per heavy atom. The van der Waals surface area contributed by atoms with Gasteiger partial charge < -0.3 is 13.7 Å². The van der Waals surface area contributed by atoms with Crippen molar-refractivity contribution in [3.63, 3.8) is 0 Å². The van der Waals surface area contributed by atoms with E-state index >= 15 is 0 Å². The molecule has 2 heterocycles. The van der Waals surface area contributed by atoms with E-state index in [1.165, 1.54) is 29.4 Å². The van der Waals surface area contributed by atoms with Crippen molar-refractivity contribution < 1.29 is 8.83 Å². The maximum absolute atomic E-state index is 6.76. The molecule has 3 nitrogen and oxygen atoms in total. The Balaban J connectivity index is 1.01. The van der Waals surface area contributed by atoms with Gasteiger partial charge in [-0.1, -0.05) is 109 Å². The number of allylic oxidation sites excluding steroid dienone is 2. The summed E-state index contributed by atoms with van der Waals surface area (Å²) in [6.45, 7) is 0. The van der Waals surface area contributed by atoms with Crippen LogP contribution in [-0.4, -0.2) is 0 Å². The second-order valence-electron chi connectivity index (χ2n) is 14.5. The highest BCUT2D eigenvalue weighted by Gasteiger charge is 2.20. The molecule has 0 saturated carbocycles. The quantitative estimate of drug-likeness (QED) is 0.172. The van der Waals surface area contributed by atoms with Crippen LogP contribution >= 0.6 is 0 Å². The highest BCUT2D eigenvalue weighted by atomic mass is 16.3. The van der Waals surface area contributed by atoms with Crippen molar-refractivity contribution in [3.8, 4) is 22.3 Å². The van der Waals surface area contributed by atoms with Crippen LogP contribution in [0.4, 0.5) is 17.1 Å². The minimum absolute atomic E-state index is 0.901. The Morgan fingerprint density at radius 2 is 1.20 bits per heavy atom. The van der Waals surface area contributed by atoms with Crippen LogP contribution in [0.25, 0.3) is 82.5 Å². The van der Waals surface area contributed by atoms with Crippen LogP contribution in [0.3, 0.4) is 0 Å². The summed E-state index contributed by atoms with van der Waals surface area (Å²) in [5.74, 6) is 0. The lowest BCUT2D eigenvalue weighted by Crippen LogP contribution is -2.09. The molecule has 0 atom stereocenters. The Kier molecular flexibility index (Phi) is 7.35. The fourth-order valence-electron chi connectivity index (χ4n) is 8.58. The van der Waals surface area contributed by atoms with Gasteiger partial charge in [-0.25, -0.2) is 0 Å². The average Bonchev–Trinajstić information content (AvgIpc) is 3.83. The van der Waals surface area contributed by atoms with Crippen LogP contribution in [0.1, 0.15) is 31.2 Å². The Labute approximate surface area is 319 Å². The van der Waals surface area contributed by atoms with Gasteiger partial charge >= 0.3 is 0 Å². The van der Waals surface area contributed by atoms with Gasteiger partial charge in [0.2, 0.25) is 0 Å². The van der Waals surface area contributed by atoms with Crippen LogP contribution in [-0.2, 0) is 0 Å². The molecule has 55 heavy (non-hydrogen) atoms. The third kappa shape index (κ3) is 5.30. The van der Waals surface area contributed by atoms with E-state index in [-0.39, 0.29) is 0 Å². The number of fused-ring (bicyclic) bond motifs is 8. The van der Waals surface area contributed by atoms with Gasteiger partial charge in [-0.3, -0.25) is 0 Å². The first-order valence-electron chi connectivity index (χ1n) is 19.1.